The minimum Gasteiger partial charge on any atom is -0.303 e. The maximum atomic E-state index is 10.1. The summed E-state index contributed by atoms with van der Waals surface area (Å²) in [5, 5.41) is 0. The number of hydrogen-bond donors (Lipinski definition) is 0. The van der Waals surface area contributed by atoms with Crippen molar-refractivity contribution < 1.29 is 4.79 Å². The fraction of sp³-hybridized carbons (Fsp3) is 0.667. The molecule has 0 aliphatic rings. The largest absolute Gasteiger partial charge is 0.303 e. The molecule has 1 nitrogen and oxygen atoms in total. The first-order valence-electron chi connectivity index (χ1n) is 3.95. The van der Waals surface area contributed by atoms with Crippen LogP contribution < -0.4 is 0 Å². The summed E-state index contributed by atoms with van der Waals surface area (Å²) in [5.74, 6) is 0.470. The molecule has 0 aliphatic heterocycles. The van der Waals surface area contributed by atoms with Crippen LogP contribution in [0.3, 0.4) is 0 Å². The van der Waals surface area contributed by atoms with E-state index >= 15 is 0 Å². The number of aldehydes is 1. The summed E-state index contributed by atoms with van der Waals surface area (Å²) in [5.41, 5.74) is 0. The molecule has 10 heavy (non-hydrogen) atoms. The molecule has 0 N–H and O–H groups in total. The van der Waals surface area contributed by atoms with Crippen LogP contribution in [0.15, 0.2) is 12.2 Å². The Labute approximate surface area is 63.1 Å². The van der Waals surface area contributed by atoms with E-state index in [-0.39, 0.29) is 0 Å². The van der Waals surface area contributed by atoms with Crippen molar-refractivity contribution in [1.29, 1.82) is 0 Å². The second kappa shape index (κ2) is 6.53. The molecule has 1 heteroatoms. The molecule has 0 heterocycles. The Balaban J connectivity index is 3.58. The molecular formula is C9H16O. The summed E-state index contributed by atoms with van der Waals surface area (Å²) in [6, 6.07) is 0. The van der Waals surface area contributed by atoms with Crippen molar-refractivity contribution in [2.45, 2.75) is 33.1 Å². The predicted molar refractivity (Wildman–Crippen MR) is 43.9 cm³/mol. The summed E-state index contributed by atoms with van der Waals surface area (Å²) in [6.07, 6.45) is 8.05. The molecule has 0 saturated heterocycles. The van der Waals surface area contributed by atoms with Crippen molar-refractivity contribution in [1.82, 2.24) is 0 Å². The van der Waals surface area contributed by atoms with E-state index < -0.39 is 0 Å². The zero-order chi connectivity index (χ0) is 7.82. The number of carbonyl (C=O) groups excluding carboxylic acids is 1. The smallest absolute Gasteiger partial charge is 0.120 e. The summed E-state index contributed by atoms with van der Waals surface area (Å²) in [7, 11) is 0. The fourth-order valence-electron chi connectivity index (χ4n) is 0.833. The third-order valence-electron chi connectivity index (χ3n) is 1.57. The average Bonchev–Trinajstić information content (AvgIpc) is 1.98. The van der Waals surface area contributed by atoms with Crippen LogP contribution in [0.4, 0.5) is 0 Å². The van der Waals surface area contributed by atoms with E-state index in [1.807, 2.05) is 0 Å². The van der Waals surface area contributed by atoms with Crippen molar-refractivity contribution in [3.05, 3.63) is 12.2 Å². The highest BCUT2D eigenvalue weighted by molar-refractivity contribution is 5.50. The Morgan fingerprint density at radius 1 is 1.40 bits per heavy atom. The number of rotatable bonds is 5. The lowest BCUT2D eigenvalue weighted by Crippen LogP contribution is -1.93. The SMILES string of the molecule is CC/C=C/C(CC)CC=O. The lowest BCUT2D eigenvalue weighted by molar-refractivity contribution is -0.108. The van der Waals surface area contributed by atoms with Gasteiger partial charge in [0.05, 0.1) is 0 Å². The van der Waals surface area contributed by atoms with Crippen LogP contribution in [0.5, 0.6) is 0 Å². The van der Waals surface area contributed by atoms with Crippen molar-refractivity contribution in [2.75, 3.05) is 0 Å². The second-order valence-corrected chi connectivity index (χ2v) is 2.41. The van der Waals surface area contributed by atoms with Crippen molar-refractivity contribution in [2.24, 2.45) is 5.92 Å². The van der Waals surface area contributed by atoms with Gasteiger partial charge in [-0.05, 0) is 18.8 Å². The van der Waals surface area contributed by atoms with E-state index in [4.69, 9.17) is 0 Å². The summed E-state index contributed by atoms with van der Waals surface area (Å²) in [6.45, 7) is 4.21. The third-order valence-corrected chi connectivity index (χ3v) is 1.57. The zero-order valence-corrected chi connectivity index (χ0v) is 6.84. The Bertz CT molecular complexity index is 105. The number of carbonyl (C=O) groups is 1. The minimum atomic E-state index is 0.470. The molecule has 0 bridgehead atoms. The van der Waals surface area contributed by atoms with Gasteiger partial charge in [-0.25, -0.2) is 0 Å². The third kappa shape index (κ3) is 4.30. The quantitative estimate of drug-likeness (QED) is 0.423. The first kappa shape index (κ1) is 9.41. The molecular weight excluding hydrogens is 124 g/mol. The van der Waals surface area contributed by atoms with E-state index in [2.05, 4.69) is 26.0 Å². The zero-order valence-electron chi connectivity index (χ0n) is 6.84. The monoisotopic (exact) mass is 140 g/mol. The Morgan fingerprint density at radius 3 is 2.50 bits per heavy atom. The van der Waals surface area contributed by atoms with Gasteiger partial charge in [0.2, 0.25) is 0 Å². The standard InChI is InChI=1S/C9H16O/c1-3-5-6-9(4-2)7-8-10/h5-6,8-9H,3-4,7H2,1-2H3/b6-5+. The van der Waals surface area contributed by atoms with Gasteiger partial charge in [-0.2, -0.15) is 0 Å². The second-order valence-electron chi connectivity index (χ2n) is 2.41. The van der Waals surface area contributed by atoms with Crippen LogP contribution in [0.2, 0.25) is 0 Å². The van der Waals surface area contributed by atoms with Crippen LogP contribution >= 0.6 is 0 Å². The van der Waals surface area contributed by atoms with Crippen LogP contribution in [0, 0.1) is 5.92 Å². The molecule has 0 aliphatic carbocycles. The summed E-state index contributed by atoms with van der Waals surface area (Å²) >= 11 is 0. The molecule has 0 aromatic carbocycles. The highest BCUT2D eigenvalue weighted by atomic mass is 16.1. The molecule has 58 valence electrons. The van der Waals surface area contributed by atoms with Crippen LogP contribution in [-0.2, 0) is 4.79 Å². The molecule has 0 radical (unpaired) electrons. The van der Waals surface area contributed by atoms with Gasteiger partial charge < -0.3 is 4.79 Å². The van der Waals surface area contributed by atoms with Crippen molar-refractivity contribution in [3.63, 3.8) is 0 Å². The van der Waals surface area contributed by atoms with Gasteiger partial charge in [0.1, 0.15) is 6.29 Å². The Hall–Kier alpha value is -0.590. The van der Waals surface area contributed by atoms with Crippen molar-refractivity contribution in [3.8, 4) is 0 Å². The number of allylic oxidation sites excluding steroid dienone is 2. The van der Waals surface area contributed by atoms with Gasteiger partial charge in [0, 0.05) is 6.42 Å². The topological polar surface area (TPSA) is 17.1 Å². The maximum absolute atomic E-state index is 10.1. The van der Waals surface area contributed by atoms with E-state index in [9.17, 15) is 4.79 Å². The molecule has 0 spiro atoms. The molecule has 0 saturated carbocycles. The highest BCUT2D eigenvalue weighted by Crippen LogP contribution is 2.07. The number of hydrogen-bond acceptors (Lipinski definition) is 1. The van der Waals surface area contributed by atoms with E-state index in [0.717, 1.165) is 19.1 Å². The van der Waals surface area contributed by atoms with Gasteiger partial charge in [0.25, 0.3) is 0 Å². The Kier molecular flexibility index (Phi) is 6.14. The van der Waals surface area contributed by atoms with Gasteiger partial charge in [-0.1, -0.05) is 26.0 Å². The Morgan fingerprint density at radius 2 is 2.10 bits per heavy atom. The molecule has 0 fully saturated rings. The minimum absolute atomic E-state index is 0.470. The van der Waals surface area contributed by atoms with Gasteiger partial charge in [-0.15, -0.1) is 0 Å². The van der Waals surface area contributed by atoms with E-state index in [0.29, 0.717) is 12.3 Å². The highest BCUT2D eigenvalue weighted by Gasteiger charge is 1.97. The first-order valence-corrected chi connectivity index (χ1v) is 3.95. The van der Waals surface area contributed by atoms with Crippen molar-refractivity contribution >= 4 is 6.29 Å². The van der Waals surface area contributed by atoms with Crippen LogP contribution in [-0.4, -0.2) is 6.29 Å². The molecule has 1 atom stereocenters. The van der Waals surface area contributed by atoms with Gasteiger partial charge in [0.15, 0.2) is 0 Å². The molecule has 0 rings (SSSR count). The van der Waals surface area contributed by atoms with Gasteiger partial charge >= 0.3 is 0 Å². The normalized spacial score (nSPS) is 13.8. The fourth-order valence-corrected chi connectivity index (χ4v) is 0.833. The lowest BCUT2D eigenvalue weighted by Gasteiger charge is -2.02. The predicted octanol–water partition coefficient (Wildman–Crippen LogP) is 2.57. The molecule has 0 aromatic rings. The lowest BCUT2D eigenvalue weighted by atomic mass is 10.0. The van der Waals surface area contributed by atoms with E-state index in [1.54, 1.807) is 0 Å². The van der Waals surface area contributed by atoms with Gasteiger partial charge in [-0.3, -0.25) is 0 Å². The molecule has 0 aromatic heterocycles. The maximum Gasteiger partial charge on any atom is 0.120 e. The average molecular weight is 140 g/mol. The summed E-state index contributed by atoms with van der Waals surface area (Å²) in [4.78, 5) is 10.1. The summed E-state index contributed by atoms with van der Waals surface area (Å²) < 4.78 is 0. The van der Waals surface area contributed by atoms with Crippen LogP contribution in [0.25, 0.3) is 0 Å². The first-order chi connectivity index (χ1) is 4.85. The molecule has 0 amide bonds. The molecule has 1 unspecified atom stereocenters. The van der Waals surface area contributed by atoms with E-state index in [1.165, 1.54) is 0 Å². The van der Waals surface area contributed by atoms with Crippen LogP contribution in [0.1, 0.15) is 33.1 Å².